The highest BCUT2D eigenvalue weighted by molar-refractivity contribution is 5.80. The van der Waals surface area contributed by atoms with Crippen LogP contribution in [0, 0.1) is 0 Å². The summed E-state index contributed by atoms with van der Waals surface area (Å²) >= 11 is 0. The minimum atomic E-state index is -0.00664. The molecule has 1 heterocycles. The third-order valence-corrected chi connectivity index (χ3v) is 2.72. The smallest absolute Gasteiger partial charge is 0.322 e. The van der Waals surface area contributed by atoms with Crippen LogP contribution in [0.5, 0.6) is 6.01 Å². The number of nitrogens with zero attached hydrogens (tertiary/aromatic N) is 5. The Labute approximate surface area is 125 Å². The zero-order valence-electron chi connectivity index (χ0n) is 13.4. The first-order valence-electron chi connectivity index (χ1n) is 7.00. The third kappa shape index (κ3) is 5.05. The van der Waals surface area contributed by atoms with Gasteiger partial charge in [-0.25, -0.2) is 0 Å². The second-order valence-electron chi connectivity index (χ2n) is 4.69. The summed E-state index contributed by atoms with van der Waals surface area (Å²) in [7, 11) is 4.96. The van der Waals surface area contributed by atoms with Crippen molar-refractivity contribution in [1.82, 2.24) is 19.9 Å². The first-order valence-corrected chi connectivity index (χ1v) is 7.00. The van der Waals surface area contributed by atoms with Gasteiger partial charge in [0.1, 0.15) is 0 Å². The van der Waals surface area contributed by atoms with Crippen molar-refractivity contribution in [2.45, 2.75) is 20.3 Å². The molecule has 0 spiro atoms. The molecule has 21 heavy (non-hydrogen) atoms. The van der Waals surface area contributed by atoms with Gasteiger partial charge < -0.3 is 19.9 Å². The lowest BCUT2D eigenvalue weighted by atomic mass is 10.4. The molecular weight excluding hydrogens is 272 g/mol. The summed E-state index contributed by atoms with van der Waals surface area (Å²) in [5.74, 6) is 0.875. The highest BCUT2D eigenvalue weighted by Crippen LogP contribution is 2.15. The Kier molecular flexibility index (Phi) is 6.64. The molecule has 1 aromatic heterocycles. The molecule has 0 aliphatic heterocycles. The summed E-state index contributed by atoms with van der Waals surface area (Å²) in [4.78, 5) is 28.0. The van der Waals surface area contributed by atoms with Gasteiger partial charge in [-0.05, 0) is 13.3 Å². The fourth-order valence-electron chi connectivity index (χ4n) is 1.64. The molecule has 0 bridgehead atoms. The number of rotatable bonds is 8. The Morgan fingerprint density at radius 2 is 1.95 bits per heavy atom. The van der Waals surface area contributed by atoms with Gasteiger partial charge in [-0.15, -0.1) is 0 Å². The van der Waals surface area contributed by atoms with Gasteiger partial charge in [-0.1, -0.05) is 6.92 Å². The Morgan fingerprint density at radius 1 is 1.24 bits per heavy atom. The maximum absolute atomic E-state index is 11.9. The Morgan fingerprint density at radius 3 is 2.48 bits per heavy atom. The van der Waals surface area contributed by atoms with E-state index in [-0.39, 0.29) is 18.5 Å². The van der Waals surface area contributed by atoms with Gasteiger partial charge in [0.05, 0.1) is 13.7 Å². The minimum absolute atomic E-state index is 0.00664. The molecule has 0 aromatic carbocycles. The number of aromatic nitrogens is 3. The maximum Gasteiger partial charge on any atom is 0.322 e. The van der Waals surface area contributed by atoms with E-state index in [9.17, 15) is 4.79 Å². The molecule has 0 radical (unpaired) electrons. The molecule has 118 valence electrons. The zero-order valence-corrected chi connectivity index (χ0v) is 13.4. The standard InChI is InChI=1S/C13H24N6O2/c1-6-8-19(9-10(20)18(3)4)12-15-11(14-7-2)16-13(17-12)21-5/h6-9H2,1-5H3,(H,14,15,16,17). The normalized spacial score (nSPS) is 10.1. The number of hydrogen-bond acceptors (Lipinski definition) is 7. The second kappa shape index (κ2) is 8.23. The zero-order chi connectivity index (χ0) is 15.8. The van der Waals surface area contributed by atoms with E-state index >= 15 is 0 Å². The van der Waals surface area contributed by atoms with Crippen molar-refractivity contribution in [3.05, 3.63) is 0 Å². The van der Waals surface area contributed by atoms with E-state index in [2.05, 4.69) is 20.3 Å². The SMILES string of the molecule is CCCN(CC(=O)N(C)C)c1nc(NCC)nc(OC)n1. The molecule has 0 aliphatic rings. The van der Waals surface area contributed by atoms with E-state index in [0.29, 0.717) is 25.0 Å². The molecule has 0 atom stereocenters. The summed E-state index contributed by atoms with van der Waals surface area (Å²) < 4.78 is 5.10. The van der Waals surface area contributed by atoms with Gasteiger partial charge in [0.15, 0.2) is 0 Å². The summed E-state index contributed by atoms with van der Waals surface area (Å²) in [5.41, 5.74) is 0. The number of nitrogens with one attached hydrogen (secondary N) is 1. The van der Waals surface area contributed by atoms with Gasteiger partial charge in [0, 0.05) is 27.2 Å². The maximum atomic E-state index is 11.9. The van der Waals surface area contributed by atoms with Gasteiger partial charge in [-0.3, -0.25) is 4.79 Å². The average Bonchev–Trinajstić information content (AvgIpc) is 2.46. The molecule has 0 aliphatic carbocycles. The predicted molar refractivity (Wildman–Crippen MR) is 81.7 cm³/mol. The van der Waals surface area contributed by atoms with Crippen LogP contribution in [-0.2, 0) is 4.79 Å². The van der Waals surface area contributed by atoms with Crippen molar-refractivity contribution < 1.29 is 9.53 Å². The summed E-state index contributed by atoms with van der Waals surface area (Å²) in [6.45, 7) is 5.58. The number of amides is 1. The van der Waals surface area contributed by atoms with E-state index in [1.165, 1.54) is 7.11 Å². The van der Waals surface area contributed by atoms with Crippen LogP contribution in [-0.4, -0.2) is 66.6 Å². The molecule has 8 nitrogen and oxygen atoms in total. The van der Waals surface area contributed by atoms with E-state index < -0.39 is 0 Å². The highest BCUT2D eigenvalue weighted by Gasteiger charge is 2.17. The quantitative estimate of drug-likeness (QED) is 0.752. The molecular formula is C13H24N6O2. The van der Waals surface area contributed by atoms with Crippen molar-refractivity contribution in [2.75, 3.05) is 51.1 Å². The fraction of sp³-hybridized carbons (Fsp3) is 0.692. The van der Waals surface area contributed by atoms with Crippen molar-refractivity contribution in [3.8, 4) is 6.01 Å². The van der Waals surface area contributed by atoms with Crippen LogP contribution in [0.25, 0.3) is 0 Å². The van der Waals surface area contributed by atoms with Crippen LogP contribution in [0.3, 0.4) is 0 Å². The minimum Gasteiger partial charge on any atom is -0.467 e. The first-order chi connectivity index (χ1) is 10.0. The van der Waals surface area contributed by atoms with E-state index in [1.807, 2.05) is 18.7 Å². The van der Waals surface area contributed by atoms with Crippen LogP contribution in [0.2, 0.25) is 0 Å². The number of methoxy groups -OCH3 is 1. The van der Waals surface area contributed by atoms with E-state index in [0.717, 1.165) is 6.42 Å². The molecule has 1 amide bonds. The molecule has 0 unspecified atom stereocenters. The van der Waals surface area contributed by atoms with Crippen LogP contribution in [0.1, 0.15) is 20.3 Å². The van der Waals surface area contributed by atoms with E-state index in [1.54, 1.807) is 19.0 Å². The van der Waals surface area contributed by atoms with Gasteiger partial charge in [-0.2, -0.15) is 15.0 Å². The van der Waals surface area contributed by atoms with Crippen molar-refractivity contribution in [2.24, 2.45) is 0 Å². The number of ether oxygens (including phenoxy) is 1. The van der Waals surface area contributed by atoms with Gasteiger partial charge in [0.2, 0.25) is 17.8 Å². The number of likely N-dealkylation sites (N-methyl/N-ethyl adjacent to an activating group) is 1. The average molecular weight is 296 g/mol. The molecule has 8 heteroatoms. The number of carbonyl (C=O) groups is 1. The topological polar surface area (TPSA) is 83.5 Å². The molecule has 1 aromatic rings. The number of anilines is 2. The lowest BCUT2D eigenvalue weighted by molar-refractivity contribution is -0.127. The van der Waals surface area contributed by atoms with Crippen LogP contribution < -0.4 is 15.0 Å². The second-order valence-corrected chi connectivity index (χ2v) is 4.69. The Balaban J connectivity index is 3.05. The van der Waals surface area contributed by atoms with Crippen LogP contribution in [0.15, 0.2) is 0 Å². The summed E-state index contributed by atoms with van der Waals surface area (Å²) in [6.07, 6.45) is 0.880. The highest BCUT2D eigenvalue weighted by atomic mass is 16.5. The molecule has 1 rings (SSSR count). The summed E-state index contributed by atoms with van der Waals surface area (Å²) in [6, 6.07) is 0.231. The molecule has 1 N–H and O–H groups in total. The van der Waals surface area contributed by atoms with Crippen molar-refractivity contribution in [1.29, 1.82) is 0 Å². The van der Waals surface area contributed by atoms with Gasteiger partial charge in [0.25, 0.3) is 0 Å². The third-order valence-electron chi connectivity index (χ3n) is 2.72. The lowest BCUT2D eigenvalue weighted by Gasteiger charge is -2.23. The molecule has 0 saturated carbocycles. The molecule has 0 saturated heterocycles. The monoisotopic (exact) mass is 296 g/mol. The Bertz CT molecular complexity index is 466. The lowest BCUT2D eigenvalue weighted by Crippen LogP contribution is -2.38. The Hall–Kier alpha value is -2.12. The van der Waals surface area contributed by atoms with Crippen LogP contribution in [0.4, 0.5) is 11.9 Å². The predicted octanol–water partition coefficient (Wildman–Crippen LogP) is 0.617. The number of hydrogen-bond donors (Lipinski definition) is 1. The van der Waals surface area contributed by atoms with Gasteiger partial charge >= 0.3 is 6.01 Å². The fourth-order valence-corrected chi connectivity index (χ4v) is 1.64. The largest absolute Gasteiger partial charge is 0.467 e. The van der Waals surface area contributed by atoms with Crippen molar-refractivity contribution in [3.63, 3.8) is 0 Å². The van der Waals surface area contributed by atoms with Crippen molar-refractivity contribution >= 4 is 17.8 Å². The van der Waals surface area contributed by atoms with E-state index in [4.69, 9.17) is 4.74 Å². The summed E-state index contributed by atoms with van der Waals surface area (Å²) in [5, 5.41) is 3.03. The van der Waals surface area contributed by atoms with Crippen LogP contribution >= 0.6 is 0 Å². The number of carbonyl (C=O) groups excluding carboxylic acids is 1. The molecule has 0 fully saturated rings. The first kappa shape index (κ1) is 16.9.